The molecule has 0 spiro atoms. The van der Waals surface area contributed by atoms with Gasteiger partial charge in [-0.3, -0.25) is 5.10 Å². The summed E-state index contributed by atoms with van der Waals surface area (Å²) >= 11 is 0. The van der Waals surface area contributed by atoms with E-state index >= 15 is 0 Å². The second-order valence-corrected chi connectivity index (χ2v) is 6.10. The first-order valence-corrected chi connectivity index (χ1v) is 8.54. The summed E-state index contributed by atoms with van der Waals surface area (Å²) < 4.78 is 11.2. The van der Waals surface area contributed by atoms with Crippen molar-refractivity contribution >= 4 is 16.7 Å². The van der Waals surface area contributed by atoms with Gasteiger partial charge < -0.3 is 14.4 Å². The molecule has 1 aromatic carbocycles. The van der Waals surface area contributed by atoms with Gasteiger partial charge >= 0.3 is 0 Å². The molecule has 0 radical (unpaired) electrons. The number of morpholine rings is 1. The fraction of sp³-hybridized carbons (Fsp3) is 0.389. The van der Waals surface area contributed by atoms with Crippen molar-refractivity contribution < 1.29 is 9.47 Å². The predicted octanol–water partition coefficient (Wildman–Crippen LogP) is 2.64. The third-order valence-electron chi connectivity index (χ3n) is 4.31. The summed E-state index contributed by atoms with van der Waals surface area (Å²) in [7, 11) is 0. The van der Waals surface area contributed by atoms with Crippen molar-refractivity contribution in [2.45, 2.75) is 20.0 Å². The van der Waals surface area contributed by atoms with Gasteiger partial charge in [-0.2, -0.15) is 5.10 Å². The number of rotatable bonds is 4. The summed E-state index contributed by atoms with van der Waals surface area (Å²) in [5.74, 6) is 1.73. The summed E-state index contributed by atoms with van der Waals surface area (Å²) in [5, 5.41) is 8.51. The van der Waals surface area contributed by atoms with Crippen LogP contribution in [0.4, 0.5) is 5.82 Å². The molecule has 1 saturated heterocycles. The summed E-state index contributed by atoms with van der Waals surface area (Å²) in [6.07, 6.45) is 1.80. The van der Waals surface area contributed by atoms with Crippen LogP contribution >= 0.6 is 0 Å². The van der Waals surface area contributed by atoms with Gasteiger partial charge in [0, 0.05) is 24.5 Å². The normalized spacial score (nSPS) is 17.8. The zero-order valence-corrected chi connectivity index (χ0v) is 14.4. The third-order valence-corrected chi connectivity index (χ3v) is 4.31. The van der Waals surface area contributed by atoms with Gasteiger partial charge in [0.25, 0.3) is 0 Å². The maximum Gasteiger partial charge on any atom is 0.132 e. The first-order valence-electron chi connectivity index (χ1n) is 8.54. The van der Waals surface area contributed by atoms with Gasteiger partial charge in [-0.25, -0.2) is 9.97 Å². The Labute approximate surface area is 146 Å². The van der Waals surface area contributed by atoms with Gasteiger partial charge in [-0.1, -0.05) is 0 Å². The number of aromatic nitrogens is 4. The van der Waals surface area contributed by atoms with Crippen LogP contribution in [0.1, 0.15) is 13.8 Å². The van der Waals surface area contributed by atoms with Crippen LogP contribution in [0.5, 0.6) is 5.75 Å². The number of aromatic amines is 1. The molecule has 3 aromatic rings. The van der Waals surface area contributed by atoms with E-state index in [-0.39, 0.29) is 6.10 Å². The molecule has 1 aliphatic heterocycles. The second-order valence-electron chi connectivity index (χ2n) is 6.10. The van der Waals surface area contributed by atoms with E-state index < -0.39 is 0 Å². The van der Waals surface area contributed by atoms with Gasteiger partial charge in [0.15, 0.2) is 0 Å². The highest BCUT2D eigenvalue weighted by Gasteiger charge is 2.19. The van der Waals surface area contributed by atoms with Gasteiger partial charge in [0.2, 0.25) is 0 Å². The van der Waals surface area contributed by atoms with E-state index in [4.69, 9.17) is 9.47 Å². The molecule has 130 valence electrons. The summed E-state index contributed by atoms with van der Waals surface area (Å²) in [6, 6.07) is 7.90. The molecule has 0 amide bonds. The average Bonchev–Trinajstić information content (AvgIpc) is 3.05. The second kappa shape index (κ2) is 6.68. The number of ether oxygens (including phenoxy) is 2. The Balaban J connectivity index is 1.71. The maximum atomic E-state index is 5.61. The molecular weight excluding hydrogens is 318 g/mol. The van der Waals surface area contributed by atoms with Crippen LogP contribution in [-0.2, 0) is 4.74 Å². The van der Waals surface area contributed by atoms with Gasteiger partial charge in [0.05, 0.1) is 30.5 Å². The number of hydrogen-bond acceptors (Lipinski definition) is 6. The van der Waals surface area contributed by atoms with Crippen LogP contribution in [0.3, 0.4) is 0 Å². The molecule has 2 aromatic heterocycles. The number of nitrogens with one attached hydrogen (secondary N) is 1. The van der Waals surface area contributed by atoms with Crippen LogP contribution in [0, 0.1) is 0 Å². The molecule has 0 saturated carbocycles. The molecule has 7 heteroatoms. The zero-order valence-electron chi connectivity index (χ0n) is 14.4. The van der Waals surface area contributed by atoms with Crippen molar-refractivity contribution in [2.24, 2.45) is 0 Å². The Morgan fingerprint density at radius 1 is 1.32 bits per heavy atom. The van der Waals surface area contributed by atoms with E-state index in [1.807, 2.05) is 31.2 Å². The minimum atomic E-state index is 0.201. The molecule has 1 N–H and O–H groups in total. The maximum absolute atomic E-state index is 5.61. The fourth-order valence-electron chi connectivity index (χ4n) is 3.12. The quantitative estimate of drug-likeness (QED) is 0.787. The van der Waals surface area contributed by atoms with Crippen LogP contribution in [0.2, 0.25) is 0 Å². The number of H-pyrrole nitrogens is 1. The minimum Gasteiger partial charge on any atom is -0.494 e. The van der Waals surface area contributed by atoms with Crippen LogP contribution in [-0.4, -0.2) is 52.6 Å². The zero-order chi connectivity index (χ0) is 17.2. The molecule has 0 unspecified atom stereocenters. The molecule has 1 fully saturated rings. The largest absolute Gasteiger partial charge is 0.494 e. The Kier molecular flexibility index (Phi) is 4.23. The molecule has 0 bridgehead atoms. The minimum absolute atomic E-state index is 0.201. The predicted molar refractivity (Wildman–Crippen MR) is 95.9 cm³/mol. The molecule has 7 nitrogen and oxygen atoms in total. The standard InChI is InChI=1S/C18H21N5O2/c1-3-24-13-4-5-15-14(8-13)18(22-21-15)16-9-17(20-11-19-16)23-6-7-25-12(2)10-23/h4-5,8-9,11-12H,3,6-7,10H2,1-2H3,(H,21,22)/t12-/m1/s1. The van der Waals surface area contributed by atoms with E-state index in [0.717, 1.165) is 46.9 Å². The Bertz CT molecular complexity index is 879. The van der Waals surface area contributed by atoms with Crippen LogP contribution in [0.25, 0.3) is 22.3 Å². The highest BCUT2D eigenvalue weighted by Crippen LogP contribution is 2.29. The summed E-state index contributed by atoms with van der Waals surface area (Å²) in [5.41, 5.74) is 2.56. The van der Waals surface area contributed by atoms with E-state index in [1.165, 1.54) is 0 Å². The lowest BCUT2D eigenvalue weighted by molar-refractivity contribution is 0.0529. The van der Waals surface area contributed by atoms with Gasteiger partial charge in [-0.15, -0.1) is 0 Å². The summed E-state index contributed by atoms with van der Waals surface area (Å²) in [4.78, 5) is 11.1. The average molecular weight is 339 g/mol. The molecule has 1 aliphatic rings. The van der Waals surface area contributed by atoms with Crippen molar-refractivity contribution in [3.05, 3.63) is 30.6 Å². The molecular formula is C18H21N5O2. The molecule has 4 rings (SSSR count). The van der Waals surface area contributed by atoms with Crippen molar-refractivity contribution in [3.63, 3.8) is 0 Å². The Morgan fingerprint density at radius 3 is 3.08 bits per heavy atom. The molecule has 3 heterocycles. The van der Waals surface area contributed by atoms with Crippen molar-refractivity contribution in [3.8, 4) is 17.1 Å². The lowest BCUT2D eigenvalue weighted by Gasteiger charge is -2.31. The highest BCUT2D eigenvalue weighted by molar-refractivity contribution is 5.93. The monoisotopic (exact) mass is 339 g/mol. The number of benzene rings is 1. The van der Waals surface area contributed by atoms with Crippen LogP contribution < -0.4 is 9.64 Å². The Hall–Kier alpha value is -2.67. The van der Waals surface area contributed by atoms with Crippen LogP contribution in [0.15, 0.2) is 30.6 Å². The number of fused-ring (bicyclic) bond motifs is 1. The number of nitrogens with zero attached hydrogens (tertiary/aromatic N) is 4. The van der Waals surface area contributed by atoms with E-state index in [1.54, 1.807) is 6.33 Å². The highest BCUT2D eigenvalue weighted by atomic mass is 16.5. The fourth-order valence-corrected chi connectivity index (χ4v) is 3.12. The molecule has 0 aliphatic carbocycles. The van der Waals surface area contributed by atoms with E-state index in [2.05, 4.69) is 32.0 Å². The summed E-state index contributed by atoms with van der Waals surface area (Å²) in [6.45, 7) is 7.04. The van der Waals surface area contributed by atoms with Crippen molar-refractivity contribution in [2.75, 3.05) is 31.2 Å². The molecule has 1 atom stereocenters. The SMILES string of the molecule is CCOc1ccc2[nH]nc(-c3cc(N4CCO[C@H](C)C4)ncn3)c2c1. The first kappa shape index (κ1) is 15.8. The smallest absolute Gasteiger partial charge is 0.132 e. The lowest BCUT2D eigenvalue weighted by Crippen LogP contribution is -2.41. The van der Waals surface area contributed by atoms with Crippen molar-refractivity contribution in [1.29, 1.82) is 0 Å². The molecule has 25 heavy (non-hydrogen) atoms. The Morgan fingerprint density at radius 2 is 2.24 bits per heavy atom. The third kappa shape index (κ3) is 3.15. The van der Waals surface area contributed by atoms with Gasteiger partial charge in [-0.05, 0) is 32.0 Å². The van der Waals surface area contributed by atoms with E-state index in [0.29, 0.717) is 13.2 Å². The first-order chi connectivity index (χ1) is 12.2. The van der Waals surface area contributed by atoms with E-state index in [9.17, 15) is 0 Å². The number of anilines is 1. The lowest BCUT2D eigenvalue weighted by atomic mass is 10.1. The topological polar surface area (TPSA) is 76.2 Å². The van der Waals surface area contributed by atoms with Crippen molar-refractivity contribution in [1.82, 2.24) is 20.2 Å². The number of hydrogen-bond donors (Lipinski definition) is 1. The van der Waals surface area contributed by atoms with Gasteiger partial charge in [0.1, 0.15) is 23.6 Å².